The molecule has 0 aromatic carbocycles. The summed E-state index contributed by atoms with van der Waals surface area (Å²) in [6, 6.07) is 0. The molecule has 2 rings (SSSR count). The number of carbonyl (C=O) groups excluding carboxylic acids is 1. The van der Waals surface area contributed by atoms with Crippen molar-refractivity contribution in [2.45, 2.75) is 31.1 Å². The molecule has 1 amide bonds. The highest BCUT2D eigenvalue weighted by atomic mass is 32.2. The minimum absolute atomic E-state index is 0.0404. The van der Waals surface area contributed by atoms with E-state index < -0.39 is 0 Å². The first-order chi connectivity index (χ1) is 8.24. The molecule has 1 aliphatic heterocycles. The first-order valence-electron chi connectivity index (χ1n) is 5.55. The summed E-state index contributed by atoms with van der Waals surface area (Å²) in [5.74, 6) is 0.752. The summed E-state index contributed by atoms with van der Waals surface area (Å²) in [6.45, 7) is 3.10. The second-order valence-corrected chi connectivity index (χ2v) is 4.74. The quantitative estimate of drug-likeness (QED) is 0.785. The third-order valence-corrected chi connectivity index (χ3v) is 3.20. The van der Waals surface area contributed by atoms with E-state index in [4.69, 9.17) is 9.15 Å². The fraction of sp³-hybridized carbons (Fsp3) is 0.700. The van der Waals surface area contributed by atoms with Crippen molar-refractivity contribution in [1.29, 1.82) is 0 Å². The largest absolute Gasteiger partial charge is 0.416 e. The van der Waals surface area contributed by atoms with Crippen LogP contribution in [0.1, 0.15) is 18.7 Å². The lowest BCUT2D eigenvalue weighted by atomic mass is 10.2. The van der Waals surface area contributed by atoms with Crippen LogP contribution in [0, 0.1) is 6.92 Å². The zero-order valence-corrected chi connectivity index (χ0v) is 10.5. The molecule has 0 unspecified atom stereocenters. The Morgan fingerprint density at radius 1 is 1.59 bits per heavy atom. The zero-order chi connectivity index (χ0) is 12.1. The van der Waals surface area contributed by atoms with Crippen molar-refractivity contribution in [1.82, 2.24) is 15.5 Å². The van der Waals surface area contributed by atoms with Gasteiger partial charge < -0.3 is 14.5 Å². The van der Waals surface area contributed by atoms with E-state index in [1.807, 2.05) is 0 Å². The molecule has 1 fully saturated rings. The summed E-state index contributed by atoms with van der Waals surface area (Å²) < 4.78 is 10.6. The van der Waals surface area contributed by atoms with Gasteiger partial charge in [0.05, 0.1) is 11.9 Å². The number of hydrogen-bond donors (Lipinski definition) is 1. The molecular weight excluding hydrogens is 242 g/mol. The Labute approximate surface area is 103 Å². The van der Waals surface area contributed by atoms with Gasteiger partial charge in [-0.05, 0) is 12.8 Å². The third-order valence-electron chi connectivity index (χ3n) is 2.39. The molecule has 0 saturated carbocycles. The Bertz CT molecular complexity index is 377. The van der Waals surface area contributed by atoms with Gasteiger partial charge in [0.2, 0.25) is 11.8 Å². The second kappa shape index (κ2) is 6.02. The number of aromatic nitrogens is 2. The molecule has 2 heterocycles. The second-order valence-electron chi connectivity index (χ2n) is 3.81. The van der Waals surface area contributed by atoms with Crippen molar-refractivity contribution in [2.75, 3.05) is 18.9 Å². The molecule has 1 atom stereocenters. The summed E-state index contributed by atoms with van der Waals surface area (Å²) in [7, 11) is 0. The fourth-order valence-electron chi connectivity index (χ4n) is 1.55. The molecule has 6 nitrogen and oxygen atoms in total. The normalized spacial score (nSPS) is 19.5. The van der Waals surface area contributed by atoms with E-state index in [1.165, 1.54) is 11.8 Å². The summed E-state index contributed by atoms with van der Waals surface area (Å²) in [5.41, 5.74) is 0. The molecule has 1 aliphatic rings. The van der Waals surface area contributed by atoms with Gasteiger partial charge in [-0.1, -0.05) is 11.8 Å². The molecule has 1 aromatic rings. The van der Waals surface area contributed by atoms with Gasteiger partial charge in [-0.2, -0.15) is 0 Å². The van der Waals surface area contributed by atoms with E-state index in [0.717, 1.165) is 19.4 Å². The van der Waals surface area contributed by atoms with Crippen molar-refractivity contribution in [2.24, 2.45) is 0 Å². The lowest BCUT2D eigenvalue weighted by Gasteiger charge is -2.09. The van der Waals surface area contributed by atoms with Gasteiger partial charge in [-0.3, -0.25) is 4.79 Å². The minimum atomic E-state index is -0.0404. The van der Waals surface area contributed by atoms with E-state index in [2.05, 4.69) is 15.5 Å². The average molecular weight is 257 g/mol. The highest BCUT2D eigenvalue weighted by Gasteiger charge is 2.16. The van der Waals surface area contributed by atoms with E-state index in [0.29, 0.717) is 17.7 Å². The number of rotatable bonds is 5. The van der Waals surface area contributed by atoms with Crippen LogP contribution in [0.2, 0.25) is 0 Å². The lowest BCUT2D eigenvalue weighted by Crippen LogP contribution is -2.32. The Hall–Kier alpha value is -1.08. The first-order valence-corrected chi connectivity index (χ1v) is 6.54. The van der Waals surface area contributed by atoms with Gasteiger partial charge in [-0.25, -0.2) is 0 Å². The Kier molecular flexibility index (Phi) is 4.38. The van der Waals surface area contributed by atoms with E-state index in [9.17, 15) is 4.79 Å². The molecular formula is C10H15N3O3S. The Morgan fingerprint density at radius 3 is 3.12 bits per heavy atom. The highest BCUT2D eigenvalue weighted by molar-refractivity contribution is 7.99. The molecule has 0 aliphatic carbocycles. The van der Waals surface area contributed by atoms with Crippen LogP contribution in [0.5, 0.6) is 0 Å². The van der Waals surface area contributed by atoms with Crippen LogP contribution in [0.3, 0.4) is 0 Å². The van der Waals surface area contributed by atoms with Crippen molar-refractivity contribution >= 4 is 17.7 Å². The van der Waals surface area contributed by atoms with Gasteiger partial charge in [0.1, 0.15) is 0 Å². The summed E-state index contributed by atoms with van der Waals surface area (Å²) in [6.07, 6.45) is 2.28. The van der Waals surface area contributed by atoms with Crippen molar-refractivity contribution in [3.05, 3.63) is 5.89 Å². The summed E-state index contributed by atoms with van der Waals surface area (Å²) >= 11 is 1.24. The minimum Gasteiger partial charge on any atom is -0.416 e. The predicted octanol–water partition coefficient (Wildman–Crippen LogP) is 0.765. The molecule has 1 N–H and O–H groups in total. The standard InChI is InChI=1S/C10H15N3O3S/c1-7-12-13-10(16-7)17-6-9(14)11-5-8-3-2-4-15-8/h8H,2-6H2,1H3,(H,11,14)/t8-/m1/s1. The van der Waals surface area contributed by atoms with Crippen LogP contribution >= 0.6 is 11.8 Å². The fourth-order valence-corrected chi connectivity index (χ4v) is 2.18. The molecule has 0 spiro atoms. The van der Waals surface area contributed by atoms with E-state index in [1.54, 1.807) is 6.92 Å². The number of nitrogens with zero attached hydrogens (tertiary/aromatic N) is 2. The van der Waals surface area contributed by atoms with Crippen LogP contribution in [-0.2, 0) is 9.53 Å². The maximum Gasteiger partial charge on any atom is 0.277 e. The van der Waals surface area contributed by atoms with Crippen LogP contribution in [0.4, 0.5) is 0 Å². The van der Waals surface area contributed by atoms with Crippen LogP contribution in [-0.4, -0.2) is 41.1 Å². The number of amides is 1. The van der Waals surface area contributed by atoms with Gasteiger partial charge in [0.15, 0.2) is 0 Å². The Balaban J connectivity index is 1.63. The third kappa shape index (κ3) is 4.01. The van der Waals surface area contributed by atoms with E-state index >= 15 is 0 Å². The van der Waals surface area contributed by atoms with Gasteiger partial charge in [-0.15, -0.1) is 10.2 Å². The molecule has 0 radical (unpaired) electrons. The predicted molar refractivity (Wildman–Crippen MR) is 61.7 cm³/mol. The zero-order valence-electron chi connectivity index (χ0n) is 9.64. The summed E-state index contributed by atoms with van der Waals surface area (Å²) in [5, 5.41) is 10.7. The average Bonchev–Trinajstić information content (AvgIpc) is 2.95. The van der Waals surface area contributed by atoms with Crippen molar-refractivity contribution in [3.8, 4) is 0 Å². The topological polar surface area (TPSA) is 77.2 Å². The van der Waals surface area contributed by atoms with Crippen LogP contribution in [0.15, 0.2) is 9.64 Å². The molecule has 1 aromatic heterocycles. The van der Waals surface area contributed by atoms with Crippen molar-refractivity contribution in [3.63, 3.8) is 0 Å². The van der Waals surface area contributed by atoms with Gasteiger partial charge in [0.25, 0.3) is 5.22 Å². The number of thioether (sulfide) groups is 1. The number of nitrogens with one attached hydrogen (secondary N) is 1. The number of hydrogen-bond acceptors (Lipinski definition) is 6. The molecule has 7 heteroatoms. The van der Waals surface area contributed by atoms with Gasteiger partial charge >= 0.3 is 0 Å². The number of aryl methyl sites for hydroxylation is 1. The first kappa shape index (κ1) is 12.4. The molecule has 1 saturated heterocycles. The maximum absolute atomic E-state index is 11.5. The van der Waals surface area contributed by atoms with Crippen molar-refractivity contribution < 1.29 is 13.9 Å². The molecule has 0 bridgehead atoms. The molecule has 94 valence electrons. The number of carbonyl (C=O) groups is 1. The van der Waals surface area contributed by atoms with Crippen LogP contribution in [0.25, 0.3) is 0 Å². The smallest absolute Gasteiger partial charge is 0.277 e. The lowest BCUT2D eigenvalue weighted by molar-refractivity contribution is -0.119. The molecule has 17 heavy (non-hydrogen) atoms. The highest BCUT2D eigenvalue weighted by Crippen LogP contribution is 2.15. The van der Waals surface area contributed by atoms with Crippen LogP contribution < -0.4 is 5.32 Å². The number of ether oxygens (including phenoxy) is 1. The monoisotopic (exact) mass is 257 g/mol. The SMILES string of the molecule is Cc1nnc(SCC(=O)NC[C@H]2CCCO2)o1. The van der Waals surface area contributed by atoms with Gasteiger partial charge in [0, 0.05) is 20.1 Å². The van der Waals surface area contributed by atoms with E-state index in [-0.39, 0.29) is 17.8 Å². The Morgan fingerprint density at radius 2 is 2.47 bits per heavy atom. The maximum atomic E-state index is 11.5. The summed E-state index contributed by atoms with van der Waals surface area (Å²) in [4.78, 5) is 11.5.